The molecule has 0 aliphatic rings. The standard InChI is InChI=1S/C12H10F3N3/c13-12(14,15)10-6-7-11(18-17-10)16-8-9-4-2-1-3-5-9/h1-7H,8H2,(H,16,18). The molecule has 0 radical (unpaired) electrons. The summed E-state index contributed by atoms with van der Waals surface area (Å²) < 4.78 is 36.7. The van der Waals surface area contributed by atoms with Gasteiger partial charge in [0, 0.05) is 6.54 Å². The Morgan fingerprint density at radius 1 is 0.944 bits per heavy atom. The summed E-state index contributed by atoms with van der Waals surface area (Å²) in [7, 11) is 0. The van der Waals surface area contributed by atoms with Gasteiger partial charge >= 0.3 is 6.18 Å². The first-order valence-electron chi connectivity index (χ1n) is 5.24. The van der Waals surface area contributed by atoms with Crippen LogP contribution in [-0.2, 0) is 12.7 Å². The fourth-order valence-electron chi connectivity index (χ4n) is 1.37. The molecule has 0 unspecified atom stereocenters. The number of alkyl halides is 3. The second-order valence-electron chi connectivity index (χ2n) is 3.64. The van der Waals surface area contributed by atoms with Gasteiger partial charge in [-0.2, -0.15) is 13.2 Å². The largest absolute Gasteiger partial charge is 0.435 e. The Kier molecular flexibility index (Phi) is 3.45. The Labute approximate surface area is 102 Å². The van der Waals surface area contributed by atoms with Crippen LogP contribution in [0.3, 0.4) is 0 Å². The summed E-state index contributed by atoms with van der Waals surface area (Å²) in [5, 5.41) is 9.50. The highest BCUT2D eigenvalue weighted by atomic mass is 19.4. The highest BCUT2D eigenvalue weighted by Crippen LogP contribution is 2.27. The van der Waals surface area contributed by atoms with Crippen molar-refractivity contribution in [1.82, 2.24) is 10.2 Å². The molecule has 94 valence electrons. The van der Waals surface area contributed by atoms with Gasteiger partial charge in [-0.25, -0.2) is 0 Å². The molecule has 0 saturated carbocycles. The molecular weight excluding hydrogens is 243 g/mol. The third kappa shape index (κ3) is 3.19. The monoisotopic (exact) mass is 253 g/mol. The van der Waals surface area contributed by atoms with Crippen LogP contribution >= 0.6 is 0 Å². The molecule has 0 atom stereocenters. The number of halogens is 3. The predicted octanol–water partition coefficient (Wildman–Crippen LogP) is 3.11. The molecular formula is C12H10F3N3. The normalized spacial score (nSPS) is 11.3. The van der Waals surface area contributed by atoms with Crippen LogP contribution in [-0.4, -0.2) is 10.2 Å². The number of benzene rings is 1. The molecule has 0 bridgehead atoms. The molecule has 1 heterocycles. The van der Waals surface area contributed by atoms with E-state index in [4.69, 9.17) is 0 Å². The van der Waals surface area contributed by atoms with E-state index in [2.05, 4.69) is 15.5 Å². The van der Waals surface area contributed by atoms with E-state index in [9.17, 15) is 13.2 Å². The lowest BCUT2D eigenvalue weighted by Crippen LogP contribution is -2.10. The molecule has 0 saturated heterocycles. The molecule has 1 aromatic carbocycles. The molecule has 0 fully saturated rings. The number of nitrogens with zero attached hydrogens (tertiary/aromatic N) is 2. The van der Waals surface area contributed by atoms with Crippen molar-refractivity contribution in [3.05, 3.63) is 53.7 Å². The van der Waals surface area contributed by atoms with E-state index in [1.807, 2.05) is 30.3 Å². The molecule has 3 nitrogen and oxygen atoms in total. The van der Waals surface area contributed by atoms with Crippen molar-refractivity contribution in [2.45, 2.75) is 12.7 Å². The first kappa shape index (κ1) is 12.3. The van der Waals surface area contributed by atoms with Gasteiger partial charge in [0.1, 0.15) is 5.82 Å². The molecule has 0 aliphatic heterocycles. The fourth-order valence-corrected chi connectivity index (χ4v) is 1.37. The van der Waals surface area contributed by atoms with Crippen LogP contribution < -0.4 is 5.32 Å². The van der Waals surface area contributed by atoms with Crippen LogP contribution in [0.15, 0.2) is 42.5 Å². The van der Waals surface area contributed by atoms with Gasteiger partial charge in [-0.15, -0.1) is 10.2 Å². The summed E-state index contributed by atoms with van der Waals surface area (Å²) in [4.78, 5) is 0. The molecule has 2 aromatic rings. The van der Waals surface area contributed by atoms with E-state index < -0.39 is 11.9 Å². The van der Waals surface area contributed by atoms with Crippen LogP contribution in [0.5, 0.6) is 0 Å². The predicted molar refractivity (Wildman–Crippen MR) is 60.8 cm³/mol. The lowest BCUT2D eigenvalue weighted by Gasteiger charge is -2.07. The first-order chi connectivity index (χ1) is 8.55. The summed E-state index contributed by atoms with van der Waals surface area (Å²) in [6.07, 6.45) is -4.45. The molecule has 6 heteroatoms. The Morgan fingerprint density at radius 2 is 1.67 bits per heavy atom. The average Bonchev–Trinajstić information content (AvgIpc) is 2.37. The van der Waals surface area contributed by atoms with Crippen molar-refractivity contribution in [3.63, 3.8) is 0 Å². The van der Waals surface area contributed by atoms with Gasteiger partial charge in [0.15, 0.2) is 5.69 Å². The molecule has 18 heavy (non-hydrogen) atoms. The Hall–Kier alpha value is -2.11. The summed E-state index contributed by atoms with van der Waals surface area (Å²) in [6, 6.07) is 11.6. The van der Waals surface area contributed by atoms with Gasteiger partial charge in [0.05, 0.1) is 0 Å². The second kappa shape index (κ2) is 5.03. The number of hydrogen-bond donors (Lipinski definition) is 1. The van der Waals surface area contributed by atoms with E-state index in [0.717, 1.165) is 11.6 Å². The third-order valence-electron chi connectivity index (χ3n) is 2.27. The van der Waals surface area contributed by atoms with Crippen LogP contribution in [0.1, 0.15) is 11.3 Å². The molecule has 0 aliphatic carbocycles. The minimum absolute atomic E-state index is 0.312. The Balaban J connectivity index is 1.99. The van der Waals surface area contributed by atoms with Crippen LogP contribution in [0.25, 0.3) is 0 Å². The minimum atomic E-state index is -4.45. The number of rotatable bonds is 3. The molecule has 1 N–H and O–H groups in total. The van der Waals surface area contributed by atoms with E-state index in [-0.39, 0.29) is 0 Å². The van der Waals surface area contributed by atoms with Crippen molar-refractivity contribution in [2.24, 2.45) is 0 Å². The van der Waals surface area contributed by atoms with E-state index in [0.29, 0.717) is 12.4 Å². The van der Waals surface area contributed by atoms with Gasteiger partial charge in [-0.3, -0.25) is 0 Å². The lowest BCUT2D eigenvalue weighted by molar-refractivity contribution is -0.141. The van der Waals surface area contributed by atoms with Crippen molar-refractivity contribution >= 4 is 5.82 Å². The minimum Gasteiger partial charge on any atom is -0.365 e. The quantitative estimate of drug-likeness (QED) is 0.913. The molecule has 0 spiro atoms. The number of anilines is 1. The van der Waals surface area contributed by atoms with Crippen molar-refractivity contribution in [1.29, 1.82) is 0 Å². The summed E-state index contributed by atoms with van der Waals surface area (Å²) >= 11 is 0. The molecule has 2 rings (SSSR count). The van der Waals surface area contributed by atoms with Crippen molar-refractivity contribution < 1.29 is 13.2 Å². The van der Waals surface area contributed by atoms with E-state index >= 15 is 0 Å². The van der Waals surface area contributed by atoms with Gasteiger partial charge < -0.3 is 5.32 Å². The smallest absolute Gasteiger partial charge is 0.365 e. The first-order valence-corrected chi connectivity index (χ1v) is 5.24. The number of nitrogens with one attached hydrogen (secondary N) is 1. The Bertz CT molecular complexity index is 494. The highest BCUT2D eigenvalue weighted by molar-refractivity contribution is 5.34. The van der Waals surface area contributed by atoms with Crippen molar-refractivity contribution in [3.8, 4) is 0 Å². The number of aromatic nitrogens is 2. The van der Waals surface area contributed by atoms with Crippen LogP contribution in [0.4, 0.5) is 19.0 Å². The molecule has 0 amide bonds. The average molecular weight is 253 g/mol. The fraction of sp³-hybridized carbons (Fsp3) is 0.167. The molecule has 1 aromatic heterocycles. The van der Waals surface area contributed by atoms with Gasteiger partial charge in [-0.1, -0.05) is 30.3 Å². The maximum atomic E-state index is 12.2. The zero-order chi connectivity index (χ0) is 13.0. The SMILES string of the molecule is FC(F)(F)c1ccc(NCc2ccccc2)nn1. The van der Waals surface area contributed by atoms with Gasteiger partial charge in [-0.05, 0) is 17.7 Å². The second-order valence-corrected chi connectivity index (χ2v) is 3.64. The van der Waals surface area contributed by atoms with Crippen molar-refractivity contribution in [2.75, 3.05) is 5.32 Å². The maximum absolute atomic E-state index is 12.2. The number of hydrogen-bond acceptors (Lipinski definition) is 3. The van der Waals surface area contributed by atoms with E-state index in [1.165, 1.54) is 6.07 Å². The Morgan fingerprint density at radius 3 is 2.22 bits per heavy atom. The maximum Gasteiger partial charge on any atom is 0.435 e. The van der Waals surface area contributed by atoms with Gasteiger partial charge in [0.25, 0.3) is 0 Å². The summed E-state index contributed by atoms with van der Waals surface area (Å²) in [5.74, 6) is 0.312. The zero-order valence-electron chi connectivity index (χ0n) is 9.28. The van der Waals surface area contributed by atoms with Crippen LogP contribution in [0, 0.1) is 0 Å². The van der Waals surface area contributed by atoms with E-state index in [1.54, 1.807) is 0 Å². The summed E-state index contributed by atoms with van der Waals surface area (Å²) in [5.41, 5.74) is 0.0203. The zero-order valence-corrected chi connectivity index (χ0v) is 9.28. The lowest BCUT2D eigenvalue weighted by atomic mass is 10.2. The summed E-state index contributed by atoms with van der Waals surface area (Å²) in [6.45, 7) is 0.487. The third-order valence-corrected chi connectivity index (χ3v) is 2.27. The highest BCUT2D eigenvalue weighted by Gasteiger charge is 2.32. The van der Waals surface area contributed by atoms with Gasteiger partial charge in [0.2, 0.25) is 0 Å². The van der Waals surface area contributed by atoms with Crippen LogP contribution in [0.2, 0.25) is 0 Å². The topological polar surface area (TPSA) is 37.8 Å².